The number of rotatable bonds is 4. The molecule has 0 heterocycles. The lowest BCUT2D eigenvalue weighted by molar-refractivity contribution is 0.199. The fraction of sp³-hybridized carbons (Fsp3) is 0.250. The van der Waals surface area contributed by atoms with Gasteiger partial charge in [0.1, 0.15) is 0 Å². The van der Waals surface area contributed by atoms with Gasteiger partial charge in [0.25, 0.3) is 0 Å². The van der Waals surface area contributed by atoms with E-state index in [1.54, 1.807) is 6.92 Å². The number of anilines is 1. The highest BCUT2D eigenvalue weighted by Gasteiger charge is 2.10. The second-order valence-electron chi connectivity index (χ2n) is 4.83. The van der Waals surface area contributed by atoms with Crippen molar-refractivity contribution < 1.29 is 5.11 Å². The summed E-state index contributed by atoms with van der Waals surface area (Å²) in [4.78, 5) is 2.12. The van der Waals surface area contributed by atoms with Crippen LogP contribution >= 0.6 is 27.5 Å². The van der Waals surface area contributed by atoms with E-state index in [0.717, 1.165) is 22.3 Å². The number of hydrogen-bond acceptors (Lipinski definition) is 2. The quantitative estimate of drug-likeness (QED) is 0.853. The highest BCUT2D eigenvalue weighted by molar-refractivity contribution is 9.10. The molecule has 1 N–H and O–H groups in total. The predicted molar refractivity (Wildman–Crippen MR) is 88.3 cm³/mol. The molecule has 0 aliphatic carbocycles. The molecule has 0 amide bonds. The largest absolute Gasteiger partial charge is 0.389 e. The van der Waals surface area contributed by atoms with Gasteiger partial charge >= 0.3 is 0 Å². The zero-order chi connectivity index (χ0) is 14.7. The van der Waals surface area contributed by atoms with Crippen molar-refractivity contribution >= 4 is 33.2 Å². The number of nitrogens with zero attached hydrogens (tertiary/aromatic N) is 1. The van der Waals surface area contributed by atoms with Crippen LogP contribution in [0.3, 0.4) is 0 Å². The topological polar surface area (TPSA) is 23.5 Å². The molecule has 0 radical (unpaired) electrons. The van der Waals surface area contributed by atoms with E-state index in [1.807, 2.05) is 43.4 Å². The minimum atomic E-state index is -0.551. The van der Waals surface area contributed by atoms with Crippen LogP contribution in [0.2, 0.25) is 5.02 Å². The fourth-order valence-corrected chi connectivity index (χ4v) is 2.81. The molecule has 106 valence electrons. The molecule has 0 aliphatic heterocycles. The maximum atomic E-state index is 9.60. The summed E-state index contributed by atoms with van der Waals surface area (Å²) in [5.74, 6) is 0. The van der Waals surface area contributed by atoms with Crippen LogP contribution in [0.25, 0.3) is 0 Å². The second-order valence-corrected chi connectivity index (χ2v) is 6.09. The molecule has 0 saturated heterocycles. The molecule has 2 aromatic carbocycles. The van der Waals surface area contributed by atoms with E-state index < -0.39 is 6.10 Å². The van der Waals surface area contributed by atoms with Crippen molar-refractivity contribution in [3.05, 3.63) is 63.1 Å². The van der Waals surface area contributed by atoms with Crippen LogP contribution in [-0.2, 0) is 6.54 Å². The molecule has 2 nitrogen and oxygen atoms in total. The van der Waals surface area contributed by atoms with Gasteiger partial charge in [0.2, 0.25) is 0 Å². The maximum absolute atomic E-state index is 9.60. The highest BCUT2D eigenvalue weighted by Crippen LogP contribution is 2.28. The third-order valence-corrected chi connectivity index (χ3v) is 4.34. The summed E-state index contributed by atoms with van der Waals surface area (Å²) in [6, 6.07) is 13.9. The summed E-state index contributed by atoms with van der Waals surface area (Å²) in [6.07, 6.45) is -0.551. The second kappa shape index (κ2) is 6.61. The van der Waals surface area contributed by atoms with E-state index in [2.05, 4.69) is 26.9 Å². The first-order chi connectivity index (χ1) is 9.49. The SMILES string of the molecule is CC(O)c1ccc(N(C)Cc2ccccc2Br)cc1Cl. The van der Waals surface area contributed by atoms with Crippen LogP contribution in [0.1, 0.15) is 24.2 Å². The van der Waals surface area contributed by atoms with Crippen LogP contribution in [0.4, 0.5) is 5.69 Å². The Morgan fingerprint density at radius 3 is 2.55 bits per heavy atom. The number of hydrogen-bond donors (Lipinski definition) is 1. The van der Waals surface area contributed by atoms with Crippen molar-refractivity contribution in [3.8, 4) is 0 Å². The molecule has 0 aromatic heterocycles. The average Bonchev–Trinajstić information content (AvgIpc) is 2.40. The Morgan fingerprint density at radius 1 is 1.25 bits per heavy atom. The molecule has 0 bridgehead atoms. The third-order valence-electron chi connectivity index (χ3n) is 3.24. The average molecular weight is 355 g/mol. The van der Waals surface area contributed by atoms with Gasteiger partial charge in [-0.15, -0.1) is 0 Å². The normalized spacial score (nSPS) is 12.2. The van der Waals surface area contributed by atoms with Gasteiger partial charge in [-0.1, -0.05) is 51.8 Å². The maximum Gasteiger partial charge on any atom is 0.0776 e. The van der Waals surface area contributed by atoms with Crippen molar-refractivity contribution in [3.63, 3.8) is 0 Å². The molecule has 20 heavy (non-hydrogen) atoms. The first-order valence-corrected chi connectivity index (χ1v) is 7.58. The van der Waals surface area contributed by atoms with Gasteiger partial charge in [-0.3, -0.25) is 0 Å². The highest BCUT2D eigenvalue weighted by atomic mass is 79.9. The van der Waals surface area contributed by atoms with Crippen molar-refractivity contribution in [1.29, 1.82) is 0 Å². The Labute approximate surface area is 133 Å². The number of aliphatic hydroxyl groups excluding tert-OH is 1. The van der Waals surface area contributed by atoms with E-state index in [-0.39, 0.29) is 0 Å². The van der Waals surface area contributed by atoms with Crippen molar-refractivity contribution in [2.45, 2.75) is 19.6 Å². The van der Waals surface area contributed by atoms with Crippen LogP contribution in [0.5, 0.6) is 0 Å². The van der Waals surface area contributed by atoms with Crippen LogP contribution in [-0.4, -0.2) is 12.2 Å². The van der Waals surface area contributed by atoms with Gasteiger partial charge in [0.15, 0.2) is 0 Å². The number of aliphatic hydroxyl groups is 1. The van der Waals surface area contributed by atoms with Gasteiger partial charge in [0, 0.05) is 28.8 Å². The molecule has 0 spiro atoms. The smallest absolute Gasteiger partial charge is 0.0776 e. The third kappa shape index (κ3) is 3.54. The van der Waals surface area contributed by atoms with E-state index >= 15 is 0 Å². The van der Waals surface area contributed by atoms with Gasteiger partial charge in [0.05, 0.1) is 6.10 Å². The Kier molecular flexibility index (Phi) is 5.08. The summed E-state index contributed by atoms with van der Waals surface area (Å²) in [5, 5.41) is 10.2. The molecule has 2 rings (SSSR count). The summed E-state index contributed by atoms with van der Waals surface area (Å²) < 4.78 is 1.10. The molecular weight excluding hydrogens is 338 g/mol. The first kappa shape index (κ1) is 15.4. The molecule has 0 aliphatic rings. The van der Waals surface area contributed by atoms with Crippen LogP contribution in [0, 0.1) is 0 Å². The minimum absolute atomic E-state index is 0.551. The molecule has 4 heteroatoms. The Bertz CT molecular complexity index is 601. The Balaban J connectivity index is 2.20. The van der Waals surface area contributed by atoms with Gasteiger partial charge in [-0.25, -0.2) is 0 Å². The van der Waals surface area contributed by atoms with E-state index in [0.29, 0.717) is 5.02 Å². The lowest BCUT2D eigenvalue weighted by Gasteiger charge is -2.21. The zero-order valence-electron chi connectivity index (χ0n) is 11.5. The Hall–Kier alpha value is -1.03. The van der Waals surface area contributed by atoms with Crippen molar-refractivity contribution in [1.82, 2.24) is 0 Å². The standard InChI is InChI=1S/C16H17BrClNO/c1-11(20)14-8-7-13(9-16(14)18)19(2)10-12-5-3-4-6-15(12)17/h3-9,11,20H,10H2,1-2H3. The number of benzene rings is 2. The van der Waals surface area contributed by atoms with Crippen molar-refractivity contribution in [2.24, 2.45) is 0 Å². The van der Waals surface area contributed by atoms with Gasteiger partial charge in [-0.2, -0.15) is 0 Å². The predicted octanol–water partition coefficient (Wildman–Crippen LogP) is 4.79. The lowest BCUT2D eigenvalue weighted by Crippen LogP contribution is -2.16. The van der Waals surface area contributed by atoms with E-state index in [4.69, 9.17) is 11.6 Å². The van der Waals surface area contributed by atoms with E-state index in [9.17, 15) is 5.11 Å². The van der Waals surface area contributed by atoms with Crippen LogP contribution in [0.15, 0.2) is 46.9 Å². The molecule has 2 aromatic rings. The molecule has 0 fully saturated rings. The van der Waals surface area contributed by atoms with Gasteiger partial charge < -0.3 is 10.0 Å². The summed E-state index contributed by atoms with van der Waals surface area (Å²) >= 11 is 9.76. The molecule has 1 atom stereocenters. The van der Waals surface area contributed by atoms with E-state index in [1.165, 1.54) is 5.56 Å². The molecular formula is C16H17BrClNO. The number of halogens is 2. The zero-order valence-corrected chi connectivity index (χ0v) is 13.8. The molecule has 0 saturated carbocycles. The summed E-state index contributed by atoms with van der Waals surface area (Å²) in [7, 11) is 2.02. The lowest BCUT2D eigenvalue weighted by atomic mass is 10.1. The monoisotopic (exact) mass is 353 g/mol. The summed E-state index contributed by atoms with van der Waals surface area (Å²) in [6.45, 7) is 2.50. The van der Waals surface area contributed by atoms with Crippen molar-refractivity contribution in [2.75, 3.05) is 11.9 Å². The fourth-order valence-electron chi connectivity index (χ4n) is 2.07. The first-order valence-electron chi connectivity index (χ1n) is 6.41. The summed E-state index contributed by atoms with van der Waals surface area (Å²) in [5.41, 5.74) is 2.99. The minimum Gasteiger partial charge on any atom is -0.389 e. The molecule has 1 unspecified atom stereocenters. The Morgan fingerprint density at radius 2 is 1.95 bits per heavy atom. The van der Waals surface area contributed by atoms with Crippen LogP contribution < -0.4 is 4.90 Å². The van der Waals surface area contributed by atoms with Gasteiger partial charge in [-0.05, 0) is 36.2 Å².